The standard InChI is InChI=1S/C18H21N3O3/c1-11-16(12(2)21(3)20-11)17(22)19-13-6-7-14-15(10-13)24-18(23-14)8-4-5-9-18/h6-7,10H,4-5,8-9H2,1-3H3,(H,19,22). The highest BCUT2D eigenvalue weighted by Crippen LogP contribution is 2.47. The zero-order chi connectivity index (χ0) is 16.9. The average molecular weight is 327 g/mol. The van der Waals surface area contributed by atoms with Crippen molar-refractivity contribution in [1.82, 2.24) is 9.78 Å². The molecule has 0 unspecified atom stereocenters. The normalized spacial score (nSPS) is 17.5. The Balaban J connectivity index is 1.56. The van der Waals surface area contributed by atoms with Crippen LogP contribution < -0.4 is 14.8 Å². The summed E-state index contributed by atoms with van der Waals surface area (Å²) in [5.41, 5.74) is 2.87. The molecule has 1 spiro atoms. The Morgan fingerprint density at radius 3 is 2.58 bits per heavy atom. The monoisotopic (exact) mass is 327 g/mol. The molecule has 126 valence electrons. The van der Waals surface area contributed by atoms with Crippen molar-refractivity contribution in [2.75, 3.05) is 5.32 Å². The maximum atomic E-state index is 12.6. The van der Waals surface area contributed by atoms with E-state index in [1.807, 2.05) is 39.1 Å². The van der Waals surface area contributed by atoms with Gasteiger partial charge in [0.1, 0.15) is 0 Å². The quantitative estimate of drug-likeness (QED) is 0.919. The third kappa shape index (κ3) is 2.33. The van der Waals surface area contributed by atoms with E-state index in [4.69, 9.17) is 9.47 Å². The Labute approximate surface area is 140 Å². The minimum absolute atomic E-state index is 0.160. The summed E-state index contributed by atoms with van der Waals surface area (Å²) in [5.74, 6) is 0.812. The summed E-state index contributed by atoms with van der Waals surface area (Å²) in [6, 6.07) is 5.54. The molecule has 1 saturated carbocycles. The van der Waals surface area contributed by atoms with E-state index in [1.165, 1.54) is 0 Å². The molecule has 2 aliphatic rings. The maximum absolute atomic E-state index is 12.6. The molecule has 0 radical (unpaired) electrons. The lowest BCUT2D eigenvalue weighted by Crippen LogP contribution is -2.34. The molecule has 1 fully saturated rings. The van der Waals surface area contributed by atoms with E-state index >= 15 is 0 Å². The summed E-state index contributed by atoms with van der Waals surface area (Å²) in [5, 5.41) is 7.22. The summed E-state index contributed by atoms with van der Waals surface area (Å²) in [6.07, 6.45) is 4.07. The molecule has 2 heterocycles. The lowest BCUT2D eigenvalue weighted by atomic mass is 10.1. The first-order valence-electron chi connectivity index (χ1n) is 8.31. The van der Waals surface area contributed by atoms with Crippen LogP contribution in [0.3, 0.4) is 0 Å². The van der Waals surface area contributed by atoms with E-state index in [1.54, 1.807) is 4.68 Å². The van der Waals surface area contributed by atoms with Gasteiger partial charge in [0.05, 0.1) is 11.3 Å². The largest absolute Gasteiger partial charge is 0.448 e. The van der Waals surface area contributed by atoms with Crippen molar-refractivity contribution in [3.05, 3.63) is 35.2 Å². The molecule has 0 saturated heterocycles. The van der Waals surface area contributed by atoms with Gasteiger partial charge in [-0.05, 0) is 38.8 Å². The van der Waals surface area contributed by atoms with E-state index in [9.17, 15) is 4.79 Å². The molecule has 1 N–H and O–H groups in total. The first-order chi connectivity index (χ1) is 11.5. The average Bonchev–Trinajstić information content (AvgIpc) is 3.19. The van der Waals surface area contributed by atoms with Crippen molar-refractivity contribution >= 4 is 11.6 Å². The molecule has 0 bridgehead atoms. The molecule has 24 heavy (non-hydrogen) atoms. The zero-order valence-electron chi connectivity index (χ0n) is 14.2. The van der Waals surface area contributed by atoms with Gasteiger partial charge in [-0.15, -0.1) is 0 Å². The molecule has 2 aromatic rings. The van der Waals surface area contributed by atoms with Crippen molar-refractivity contribution in [1.29, 1.82) is 0 Å². The van der Waals surface area contributed by atoms with Crippen molar-refractivity contribution in [2.45, 2.75) is 45.3 Å². The van der Waals surface area contributed by atoms with E-state index in [2.05, 4.69) is 10.4 Å². The van der Waals surface area contributed by atoms with Crippen LogP contribution in [0.5, 0.6) is 11.5 Å². The Morgan fingerprint density at radius 2 is 1.92 bits per heavy atom. The number of fused-ring (bicyclic) bond motifs is 1. The number of ether oxygens (including phenoxy) is 2. The van der Waals surface area contributed by atoms with Crippen molar-refractivity contribution in [3.63, 3.8) is 0 Å². The third-order valence-electron chi connectivity index (χ3n) is 4.89. The smallest absolute Gasteiger partial charge is 0.259 e. The Kier molecular flexibility index (Phi) is 3.30. The highest BCUT2D eigenvalue weighted by atomic mass is 16.7. The molecular weight excluding hydrogens is 306 g/mol. The predicted octanol–water partition coefficient (Wildman–Crippen LogP) is 3.33. The number of hydrogen-bond donors (Lipinski definition) is 1. The van der Waals surface area contributed by atoms with Crippen molar-refractivity contribution in [3.8, 4) is 11.5 Å². The van der Waals surface area contributed by atoms with Crippen LogP contribution in [-0.2, 0) is 7.05 Å². The van der Waals surface area contributed by atoms with Gasteiger partial charge < -0.3 is 14.8 Å². The van der Waals surface area contributed by atoms with Gasteiger partial charge in [0.2, 0.25) is 0 Å². The van der Waals surface area contributed by atoms with E-state index in [-0.39, 0.29) is 5.91 Å². The Hall–Kier alpha value is -2.50. The van der Waals surface area contributed by atoms with Crippen LogP contribution >= 0.6 is 0 Å². The first-order valence-corrected chi connectivity index (χ1v) is 8.31. The zero-order valence-corrected chi connectivity index (χ0v) is 14.2. The number of amides is 1. The van der Waals surface area contributed by atoms with Gasteiger partial charge >= 0.3 is 0 Å². The number of rotatable bonds is 2. The fraction of sp³-hybridized carbons (Fsp3) is 0.444. The number of hydrogen-bond acceptors (Lipinski definition) is 4. The summed E-state index contributed by atoms with van der Waals surface area (Å²) < 4.78 is 13.8. The SMILES string of the molecule is Cc1nn(C)c(C)c1C(=O)Nc1ccc2c(c1)OC1(CCCC1)O2. The number of anilines is 1. The van der Waals surface area contributed by atoms with E-state index in [0.29, 0.717) is 17.0 Å². The molecule has 4 rings (SSSR count). The second kappa shape index (κ2) is 5.26. The van der Waals surface area contributed by atoms with Gasteiger partial charge in [-0.3, -0.25) is 9.48 Å². The molecule has 1 aromatic carbocycles. The molecule has 1 aliphatic carbocycles. The number of carbonyl (C=O) groups is 1. The topological polar surface area (TPSA) is 65.4 Å². The van der Waals surface area contributed by atoms with Gasteiger partial charge in [0.25, 0.3) is 11.7 Å². The number of nitrogens with one attached hydrogen (secondary N) is 1. The molecular formula is C18H21N3O3. The minimum atomic E-state index is -0.485. The third-order valence-corrected chi connectivity index (χ3v) is 4.89. The fourth-order valence-electron chi connectivity index (χ4n) is 3.59. The van der Waals surface area contributed by atoms with Crippen LogP contribution in [-0.4, -0.2) is 21.5 Å². The highest BCUT2D eigenvalue weighted by molar-refractivity contribution is 6.06. The van der Waals surface area contributed by atoms with E-state index < -0.39 is 5.79 Å². The summed E-state index contributed by atoms with van der Waals surface area (Å²) >= 11 is 0. The van der Waals surface area contributed by atoms with Crippen LogP contribution in [0.15, 0.2) is 18.2 Å². The first kappa shape index (κ1) is 15.1. The second-order valence-corrected chi connectivity index (χ2v) is 6.61. The molecule has 0 atom stereocenters. The highest BCUT2D eigenvalue weighted by Gasteiger charge is 2.44. The lowest BCUT2D eigenvalue weighted by molar-refractivity contribution is -0.0716. The van der Waals surface area contributed by atoms with Gasteiger partial charge in [-0.2, -0.15) is 5.10 Å². The molecule has 1 amide bonds. The second-order valence-electron chi connectivity index (χ2n) is 6.61. The summed E-state index contributed by atoms with van der Waals surface area (Å²) in [6.45, 7) is 3.73. The van der Waals surface area contributed by atoms with Crippen LogP contribution in [0.25, 0.3) is 0 Å². The lowest BCUT2D eigenvalue weighted by Gasteiger charge is -2.21. The van der Waals surface area contributed by atoms with Crippen molar-refractivity contribution < 1.29 is 14.3 Å². The van der Waals surface area contributed by atoms with Crippen LogP contribution in [0.2, 0.25) is 0 Å². The van der Waals surface area contributed by atoms with Crippen LogP contribution in [0.1, 0.15) is 47.4 Å². The number of benzene rings is 1. The molecule has 1 aliphatic heterocycles. The minimum Gasteiger partial charge on any atom is -0.448 e. The van der Waals surface area contributed by atoms with E-state index in [0.717, 1.165) is 42.8 Å². The van der Waals surface area contributed by atoms with Gasteiger partial charge in [-0.25, -0.2) is 0 Å². The van der Waals surface area contributed by atoms with Crippen molar-refractivity contribution in [2.24, 2.45) is 7.05 Å². The van der Waals surface area contributed by atoms with Crippen LogP contribution in [0, 0.1) is 13.8 Å². The molecule has 1 aromatic heterocycles. The number of nitrogens with zero attached hydrogens (tertiary/aromatic N) is 2. The predicted molar refractivity (Wildman–Crippen MR) is 89.5 cm³/mol. The molecule has 6 nitrogen and oxygen atoms in total. The number of aryl methyl sites for hydroxylation is 2. The number of carbonyl (C=O) groups excluding carboxylic acids is 1. The summed E-state index contributed by atoms with van der Waals surface area (Å²) in [4.78, 5) is 12.6. The van der Waals surface area contributed by atoms with Gasteiger partial charge in [0.15, 0.2) is 11.5 Å². The molecule has 6 heteroatoms. The Morgan fingerprint density at radius 1 is 1.21 bits per heavy atom. The maximum Gasteiger partial charge on any atom is 0.259 e. The number of aromatic nitrogens is 2. The summed E-state index contributed by atoms with van der Waals surface area (Å²) in [7, 11) is 1.83. The van der Waals surface area contributed by atoms with Gasteiger partial charge in [0, 0.05) is 37.3 Å². The van der Waals surface area contributed by atoms with Gasteiger partial charge in [-0.1, -0.05) is 0 Å². The fourth-order valence-corrected chi connectivity index (χ4v) is 3.59. The Bertz CT molecular complexity index is 819. The van der Waals surface area contributed by atoms with Crippen LogP contribution in [0.4, 0.5) is 5.69 Å².